The zero-order chi connectivity index (χ0) is 21.7. The van der Waals surface area contributed by atoms with Gasteiger partial charge < -0.3 is 19.9 Å². The van der Waals surface area contributed by atoms with Crippen molar-refractivity contribution in [2.75, 3.05) is 37.4 Å². The van der Waals surface area contributed by atoms with Crippen LogP contribution in [-0.4, -0.2) is 56.7 Å². The van der Waals surface area contributed by atoms with Crippen LogP contribution in [0.4, 0.5) is 24.9 Å². The molecule has 0 amide bonds. The Bertz CT molecular complexity index is 1060. The average Bonchev–Trinajstić information content (AvgIpc) is 2.71. The highest BCUT2D eigenvalue weighted by Crippen LogP contribution is 2.27. The molecule has 160 valence electrons. The van der Waals surface area contributed by atoms with Crippen LogP contribution >= 0.6 is 0 Å². The number of hydrogen-bond donors (Lipinski definition) is 3. The maximum Gasteiger partial charge on any atom is 0.405 e. The zero-order valence-electron chi connectivity index (χ0n) is 15.7. The molecular formula is C18H18F3N5O3S. The molecule has 1 aromatic carbocycles. The Kier molecular flexibility index (Phi) is 6.80. The van der Waals surface area contributed by atoms with E-state index in [-0.39, 0.29) is 22.2 Å². The van der Waals surface area contributed by atoms with Gasteiger partial charge >= 0.3 is 6.18 Å². The molecule has 0 spiro atoms. The number of rotatable bonds is 8. The minimum atomic E-state index is -4.45. The number of nitrogens with one attached hydrogen (secondary N) is 2. The van der Waals surface area contributed by atoms with Gasteiger partial charge in [0, 0.05) is 19.2 Å². The first-order chi connectivity index (χ1) is 14.3. The monoisotopic (exact) mass is 441 g/mol. The summed E-state index contributed by atoms with van der Waals surface area (Å²) in [6, 6.07) is 9.46. The molecule has 3 rings (SSSR count). The fourth-order valence-corrected chi connectivity index (χ4v) is 3.01. The molecule has 2 heterocycles. The number of benzene rings is 1. The molecule has 0 aliphatic heterocycles. The van der Waals surface area contributed by atoms with Gasteiger partial charge in [0.1, 0.15) is 12.1 Å². The molecule has 0 fully saturated rings. The minimum absolute atomic E-state index is 0.0824. The number of nitrogens with zero attached hydrogens (tertiary/aromatic N) is 3. The van der Waals surface area contributed by atoms with Crippen molar-refractivity contribution in [1.29, 1.82) is 0 Å². The lowest BCUT2D eigenvalue weighted by Crippen LogP contribution is -2.22. The summed E-state index contributed by atoms with van der Waals surface area (Å²) in [6.45, 7) is -0.550. The Balaban J connectivity index is 2.04. The van der Waals surface area contributed by atoms with E-state index in [1.54, 1.807) is 24.3 Å². The summed E-state index contributed by atoms with van der Waals surface area (Å²) in [7, 11) is 1.52. The maximum absolute atomic E-state index is 12.7. The molecule has 3 N–H and O–H groups in total. The predicted octanol–water partition coefficient (Wildman–Crippen LogP) is 3.30. The molecule has 12 heteroatoms. The number of aromatic nitrogens is 3. The van der Waals surface area contributed by atoms with Crippen LogP contribution < -0.4 is 10.6 Å². The van der Waals surface area contributed by atoms with Gasteiger partial charge in [-0.15, -0.1) is 0 Å². The van der Waals surface area contributed by atoms with E-state index < -0.39 is 23.8 Å². The van der Waals surface area contributed by atoms with Crippen molar-refractivity contribution < 1.29 is 26.7 Å². The largest absolute Gasteiger partial charge is 0.405 e. The maximum atomic E-state index is 12.7. The summed E-state index contributed by atoms with van der Waals surface area (Å²) in [5.74, 6) is 0.0532. The number of methoxy groups -OCH3 is 1. The molecule has 0 saturated heterocycles. The average molecular weight is 441 g/mol. The topological polar surface area (TPSA) is 109 Å². The van der Waals surface area contributed by atoms with Crippen molar-refractivity contribution in [2.24, 2.45) is 0 Å². The van der Waals surface area contributed by atoms with Gasteiger partial charge in [-0.05, 0) is 24.3 Å². The molecule has 3 aromatic rings. The van der Waals surface area contributed by atoms with E-state index in [1.807, 2.05) is 0 Å². The van der Waals surface area contributed by atoms with Gasteiger partial charge in [-0.2, -0.15) is 18.2 Å². The third-order valence-electron chi connectivity index (χ3n) is 3.92. The first kappa shape index (κ1) is 21.9. The van der Waals surface area contributed by atoms with Crippen molar-refractivity contribution in [3.05, 3.63) is 36.4 Å². The lowest BCUT2D eigenvalue weighted by Gasteiger charge is -2.13. The summed E-state index contributed by atoms with van der Waals surface area (Å²) in [5.41, 5.74) is 1.40. The molecule has 0 aliphatic carbocycles. The quantitative estimate of drug-likeness (QED) is 0.361. The first-order valence-corrected chi connectivity index (χ1v) is 9.81. The van der Waals surface area contributed by atoms with E-state index in [1.165, 1.54) is 19.2 Å². The van der Waals surface area contributed by atoms with E-state index in [9.17, 15) is 21.9 Å². The summed E-state index contributed by atoms with van der Waals surface area (Å²) >= 11 is -2.17. The van der Waals surface area contributed by atoms with E-state index in [0.29, 0.717) is 29.9 Å². The molecule has 1 atom stereocenters. The Hall–Kier alpha value is -2.83. The standard InChI is InChI=1S/C18H18F3N5O3S/c1-29-8-7-22-17-25-14-6-5-13(11-3-2-4-12(9-11)30(27)28)24-15(14)16(26-17)23-10-18(19,20)21/h2-6,9H,7-8,10H2,1H3,(H,27,28)(H2,22,23,25,26). The molecule has 0 bridgehead atoms. The van der Waals surface area contributed by atoms with E-state index in [4.69, 9.17) is 4.74 Å². The number of ether oxygens (including phenoxy) is 1. The smallest absolute Gasteiger partial charge is 0.383 e. The Morgan fingerprint density at radius 2 is 1.93 bits per heavy atom. The van der Waals surface area contributed by atoms with Crippen LogP contribution in [0.2, 0.25) is 0 Å². The number of fused-ring (bicyclic) bond motifs is 1. The van der Waals surface area contributed by atoms with Gasteiger partial charge in [0.25, 0.3) is 0 Å². The van der Waals surface area contributed by atoms with Crippen molar-refractivity contribution in [3.8, 4) is 11.3 Å². The van der Waals surface area contributed by atoms with Crippen LogP contribution in [0.25, 0.3) is 22.3 Å². The number of pyridine rings is 1. The summed E-state index contributed by atoms with van der Waals surface area (Å²) in [4.78, 5) is 13.0. The van der Waals surface area contributed by atoms with Crippen LogP contribution in [0.3, 0.4) is 0 Å². The molecule has 0 radical (unpaired) electrons. The van der Waals surface area contributed by atoms with Crippen molar-refractivity contribution in [1.82, 2.24) is 15.0 Å². The van der Waals surface area contributed by atoms with Crippen molar-refractivity contribution in [3.63, 3.8) is 0 Å². The lowest BCUT2D eigenvalue weighted by molar-refractivity contribution is -0.115. The highest BCUT2D eigenvalue weighted by molar-refractivity contribution is 7.79. The lowest BCUT2D eigenvalue weighted by atomic mass is 10.1. The number of anilines is 2. The highest BCUT2D eigenvalue weighted by Gasteiger charge is 2.27. The Morgan fingerprint density at radius 1 is 1.13 bits per heavy atom. The Labute approximate surface area is 172 Å². The second-order valence-corrected chi connectivity index (χ2v) is 7.10. The second-order valence-electron chi connectivity index (χ2n) is 6.13. The fraction of sp³-hybridized carbons (Fsp3) is 0.278. The van der Waals surface area contributed by atoms with Crippen molar-refractivity contribution >= 4 is 33.9 Å². The number of hydrogen-bond acceptors (Lipinski definition) is 7. The summed E-state index contributed by atoms with van der Waals surface area (Å²) in [5, 5.41) is 5.15. The van der Waals surface area contributed by atoms with Crippen LogP contribution in [0.1, 0.15) is 0 Å². The second kappa shape index (κ2) is 9.32. The van der Waals surface area contributed by atoms with Gasteiger partial charge in [-0.25, -0.2) is 14.2 Å². The number of alkyl halides is 3. The SMILES string of the molecule is COCCNc1nc(NCC(F)(F)F)c2nc(-c3cccc(S(=O)O)c3)ccc2n1. The predicted molar refractivity (Wildman–Crippen MR) is 107 cm³/mol. The molecule has 2 aromatic heterocycles. The van der Waals surface area contributed by atoms with Crippen LogP contribution in [0.5, 0.6) is 0 Å². The normalized spacial score (nSPS) is 12.7. The van der Waals surface area contributed by atoms with E-state index in [2.05, 4.69) is 25.6 Å². The van der Waals surface area contributed by atoms with Crippen LogP contribution in [-0.2, 0) is 15.8 Å². The zero-order valence-corrected chi connectivity index (χ0v) is 16.5. The molecule has 1 unspecified atom stereocenters. The fourth-order valence-electron chi connectivity index (χ4n) is 2.59. The summed E-state index contributed by atoms with van der Waals surface area (Å²) < 4.78 is 63.8. The van der Waals surface area contributed by atoms with Gasteiger partial charge in [0.05, 0.1) is 22.7 Å². The van der Waals surface area contributed by atoms with Gasteiger partial charge in [-0.3, -0.25) is 0 Å². The third kappa shape index (κ3) is 5.62. The molecule has 30 heavy (non-hydrogen) atoms. The number of halogens is 3. The van der Waals surface area contributed by atoms with Gasteiger partial charge in [-0.1, -0.05) is 12.1 Å². The van der Waals surface area contributed by atoms with Gasteiger partial charge in [0.2, 0.25) is 5.95 Å². The highest BCUT2D eigenvalue weighted by atomic mass is 32.2. The first-order valence-electron chi connectivity index (χ1n) is 8.70. The third-order valence-corrected chi connectivity index (χ3v) is 4.58. The summed E-state index contributed by atoms with van der Waals surface area (Å²) in [6.07, 6.45) is -4.45. The van der Waals surface area contributed by atoms with Crippen LogP contribution in [0.15, 0.2) is 41.3 Å². The van der Waals surface area contributed by atoms with Crippen molar-refractivity contribution in [2.45, 2.75) is 11.1 Å². The van der Waals surface area contributed by atoms with E-state index in [0.717, 1.165) is 0 Å². The molecule has 0 aliphatic rings. The molecular weight excluding hydrogens is 423 g/mol. The van der Waals surface area contributed by atoms with Gasteiger partial charge in [0.15, 0.2) is 16.9 Å². The van der Waals surface area contributed by atoms with Crippen LogP contribution in [0, 0.1) is 0 Å². The Morgan fingerprint density at radius 3 is 2.63 bits per heavy atom. The molecule has 0 saturated carbocycles. The minimum Gasteiger partial charge on any atom is -0.383 e. The van der Waals surface area contributed by atoms with E-state index >= 15 is 0 Å². The molecule has 8 nitrogen and oxygen atoms in total.